The van der Waals surface area contributed by atoms with E-state index in [0.29, 0.717) is 0 Å². The monoisotopic (exact) mass is 251 g/mol. The molecule has 0 aromatic heterocycles. The molecule has 18 heavy (non-hydrogen) atoms. The summed E-state index contributed by atoms with van der Waals surface area (Å²) in [6, 6.07) is 0. The molecule has 0 aromatic rings. The van der Waals surface area contributed by atoms with Crippen LogP contribution in [0, 0.1) is 29.6 Å². The zero-order valence-electron chi connectivity index (χ0n) is 12.8. The predicted octanol–water partition coefficient (Wildman–Crippen LogP) is 4.47. The van der Waals surface area contributed by atoms with Gasteiger partial charge >= 0.3 is 0 Å². The van der Waals surface area contributed by atoms with Crippen molar-refractivity contribution in [2.75, 3.05) is 13.1 Å². The minimum absolute atomic E-state index is 0.963. The lowest BCUT2D eigenvalue weighted by atomic mass is 9.64. The average molecular weight is 251 g/mol. The van der Waals surface area contributed by atoms with Gasteiger partial charge in [-0.2, -0.15) is 0 Å². The standard InChI is InChI=1S/C17H33N/c1-4-18-12-16-7-5-6-8-17(16)15-10-9-13(2)14(3)11-15/h13-18H,4-12H2,1-3H3. The average Bonchev–Trinajstić information content (AvgIpc) is 2.40. The van der Waals surface area contributed by atoms with E-state index in [1.54, 1.807) is 0 Å². The zero-order chi connectivity index (χ0) is 13.0. The summed E-state index contributed by atoms with van der Waals surface area (Å²) in [5, 5.41) is 3.61. The number of rotatable bonds is 4. The number of nitrogens with one attached hydrogen (secondary N) is 1. The van der Waals surface area contributed by atoms with E-state index in [2.05, 4.69) is 26.1 Å². The smallest absolute Gasteiger partial charge is 0.00179 e. The third-order valence-electron chi connectivity index (χ3n) is 5.87. The lowest BCUT2D eigenvalue weighted by Gasteiger charge is -2.42. The van der Waals surface area contributed by atoms with Gasteiger partial charge in [-0.3, -0.25) is 0 Å². The van der Waals surface area contributed by atoms with Gasteiger partial charge in [0, 0.05) is 0 Å². The fourth-order valence-corrected chi connectivity index (χ4v) is 4.42. The lowest BCUT2D eigenvalue weighted by Crippen LogP contribution is -2.37. The van der Waals surface area contributed by atoms with E-state index in [0.717, 1.165) is 36.1 Å². The molecule has 106 valence electrons. The van der Waals surface area contributed by atoms with Gasteiger partial charge in [-0.25, -0.2) is 0 Å². The molecular weight excluding hydrogens is 218 g/mol. The summed E-state index contributed by atoms with van der Waals surface area (Å²) < 4.78 is 0. The second-order valence-corrected chi connectivity index (χ2v) is 7.04. The molecule has 0 heterocycles. The SMILES string of the molecule is CCNCC1CCCCC1C1CCC(C)C(C)C1. The summed E-state index contributed by atoms with van der Waals surface area (Å²) in [5.74, 6) is 4.99. The first-order valence-electron chi connectivity index (χ1n) is 8.43. The van der Waals surface area contributed by atoms with E-state index in [1.165, 1.54) is 51.5 Å². The van der Waals surface area contributed by atoms with Crippen LogP contribution in [-0.4, -0.2) is 13.1 Å². The molecule has 5 atom stereocenters. The molecular formula is C17H33N. The molecule has 0 bridgehead atoms. The maximum absolute atomic E-state index is 3.61. The van der Waals surface area contributed by atoms with E-state index in [1.807, 2.05) is 0 Å². The molecule has 0 amide bonds. The Morgan fingerprint density at radius 2 is 1.72 bits per heavy atom. The molecule has 1 nitrogen and oxygen atoms in total. The van der Waals surface area contributed by atoms with Crippen molar-refractivity contribution in [1.29, 1.82) is 0 Å². The highest BCUT2D eigenvalue weighted by atomic mass is 14.8. The van der Waals surface area contributed by atoms with Gasteiger partial charge in [0.25, 0.3) is 0 Å². The van der Waals surface area contributed by atoms with E-state index >= 15 is 0 Å². The predicted molar refractivity (Wildman–Crippen MR) is 79.7 cm³/mol. The normalized spacial score (nSPS) is 41.8. The van der Waals surface area contributed by atoms with Crippen LogP contribution in [-0.2, 0) is 0 Å². The highest BCUT2D eigenvalue weighted by molar-refractivity contribution is 4.86. The van der Waals surface area contributed by atoms with E-state index in [9.17, 15) is 0 Å². The van der Waals surface area contributed by atoms with E-state index in [4.69, 9.17) is 0 Å². The highest BCUT2D eigenvalue weighted by Crippen LogP contribution is 2.44. The van der Waals surface area contributed by atoms with Gasteiger partial charge in [0.05, 0.1) is 0 Å². The van der Waals surface area contributed by atoms with Crippen LogP contribution >= 0.6 is 0 Å². The maximum atomic E-state index is 3.61. The first-order valence-corrected chi connectivity index (χ1v) is 8.43. The molecule has 2 fully saturated rings. The first kappa shape index (κ1) is 14.4. The quantitative estimate of drug-likeness (QED) is 0.777. The van der Waals surface area contributed by atoms with Gasteiger partial charge in [-0.05, 0) is 68.4 Å². The van der Waals surface area contributed by atoms with Crippen molar-refractivity contribution in [3.63, 3.8) is 0 Å². The van der Waals surface area contributed by atoms with Gasteiger partial charge < -0.3 is 5.32 Å². The van der Waals surface area contributed by atoms with Crippen LogP contribution in [0.25, 0.3) is 0 Å². The summed E-state index contributed by atoms with van der Waals surface area (Å²) in [7, 11) is 0. The Labute approximate surface area is 114 Å². The van der Waals surface area contributed by atoms with Crippen molar-refractivity contribution in [1.82, 2.24) is 5.32 Å². The molecule has 0 saturated heterocycles. The molecule has 0 aliphatic heterocycles. The fraction of sp³-hybridized carbons (Fsp3) is 1.00. The molecule has 1 heteroatoms. The van der Waals surface area contributed by atoms with E-state index < -0.39 is 0 Å². The Balaban J connectivity index is 1.91. The van der Waals surface area contributed by atoms with Crippen LogP contribution in [0.2, 0.25) is 0 Å². The fourth-order valence-electron chi connectivity index (χ4n) is 4.42. The summed E-state index contributed by atoms with van der Waals surface area (Å²) in [4.78, 5) is 0. The van der Waals surface area contributed by atoms with Crippen molar-refractivity contribution >= 4 is 0 Å². The largest absolute Gasteiger partial charge is 0.317 e. The summed E-state index contributed by atoms with van der Waals surface area (Å²) >= 11 is 0. The van der Waals surface area contributed by atoms with Crippen LogP contribution < -0.4 is 5.32 Å². The lowest BCUT2D eigenvalue weighted by molar-refractivity contribution is 0.0887. The van der Waals surface area contributed by atoms with Gasteiger partial charge in [0.2, 0.25) is 0 Å². The highest BCUT2D eigenvalue weighted by Gasteiger charge is 2.35. The van der Waals surface area contributed by atoms with Crippen molar-refractivity contribution in [2.24, 2.45) is 29.6 Å². The maximum Gasteiger partial charge on any atom is -0.00179 e. The molecule has 2 aliphatic rings. The molecule has 0 aromatic carbocycles. The Hall–Kier alpha value is -0.0400. The van der Waals surface area contributed by atoms with Gasteiger partial charge in [-0.15, -0.1) is 0 Å². The first-order chi connectivity index (χ1) is 8.72. The molecule has 2 aliphatic carbocycles. The Morgan fingerprint density at radius 3 is 2.44 bits per heavy atom. The van der Waals surface area contributed by atoms with Crippen LogP contribution in [0.15, 0.2) is 0 Å². The summed E-state index contributed by atoms with van der Waals surface area (Å²) in [5.41, 5.74) is 0. The molecule has 0 radical (unpaired) electrons. The minimum atomic E-state index is 0.963. The van der Waals surface area contributed by atoms with Gasteiger partial charge in [0.15, 0.2) is 0 Å². The second kappa shape index (κ2) is 6.93. The second-order valence-electron chi connectivity index (χ2n) is 7.04. The van der Waals surface area contributed by atoms with Crippen LogP contribution in [0.3, 0.4) is 0 Å². The molecule has 1 N–H and O–H groups in total. The van der Waals surface area contributed by atoms with Crippen molar-refractivity contribution in [3.05, 3.63) is 0 Å². The van der Waals surface area contributed by atoms with Crippen LogP contribution in [0.4, 0.5) is 0 Å². The van der Waals surface area contributed by atoms with Crippen molar-refractivity contribution in [3.8, 4) is 0 Å². The number of hydrogen-bond donors (Lipinski definition) is 1. The Kier molecular flexibility index (Phi) is 5.54. The van der Waals surface area contributed by atoms with Gasteiger partial charge in [-0.1, -0.05) is 40.0 Å². The molecule has 0 spiro atoms. The molecule has 5 unspecified atom stereocenters. The zero-order valence-corrected chi connectivity index (χ0v) is 12.8. The topological polar surface area (TPSA) is 12.0 Å². The summed E-state index contributed by atoms with van der Waals surface area (Å²) in [6.07, 6.45) is 10.5. The minimum Gasteiger partial charge on any atom is -0.317 e. The Bertz CT molecular complexity index is 238. The Morgan fingerprint density at radius 1 is 0.944 bits per heavy atom. The van der Waals surface area contributed by atoms with E-state index in [-0.39, 0.29) is 0 Å². The summed E-state index contributed by atoms with van der Waals surface area (Å²) in [6.45, 7) is 9.60. The van der Waals surface area contributed by atoms with Crippen molar-refractivity contribution < 1.29 is 0 Å². The third-order valence-corrected chi connectivity index (χ3v) is 5.87. The van der Waals surface area contributed by atoms with Crippen LogP contribution in [0.5, 0.6) is 0 Å². The molecule has 2 rings (SSSR count). The third kappa shape index (κ3) is 3.50. The van der Waals surface area contributed by atoms with Crippen LogP contribution in [0.1, 0.15) is 65.7 Å². The number of hydrogen-bond acceptors (Lipinski definition) is 1. The van der Waals surface area contributed by atoms with Crippen molar-refractivity contribution in [2.45, 2.75) is 65.7 Å². The molecule has 2 saturated carbocycles. The van der Waals surface area contributed by atoms with Gasteiger partial charge in [0.1, 0.15) is 0 Å².